The molecule has 134 valence electrons. The van der Waals surface area contributed by atoms with Gasteiger partial charge >= 0.3 is 6.09 Å². The standard InChI is InChI=1S/C17H24ClNO4S/c18-24(21,22)14-17(10-6-11-17)9-4-5-12-19-16(20)23-13-15-7-2-1-3-8-15/h1-3,7-8H,4-6,9-14H2,(H,19,20). The summed E-state index contributed by atoms with van der Waals surface area (Å²) >= 11 is 0. The van der Waals surface area contributed by atoms with Gasteiger partial charge in [-0.2, -0.15) is 0 Å². The highest BCUT2D eigenvalue weighted by atomic mass is 35.7. The van der Waals surface area contributed by atoms with E-state index in [2.05, 4.69) is 5.32 Å². The zero-order valence-corrected chi connectivity index (χ0v) is 15.2. The molecule has 1 amide bonds. The van der Waals surface area contributed by atoms with Crippen LogP contribution in [-0.2, 0) is 20.4 Å². The molecular weight excluding hydrogens is 350 g/mol. The van der Waals surface area contributed by atoms with Gasteiger partial charge in [0, 0.05) is 17.2 Å². The van der Waals surface area contributed by atoms with Crippen molar-refractivity contribution in [2.75, 3.05) is 12.3 Å². The molecule has 5 nitrogen and oxygen atoms in total. The molecule has 0 spiro atoms. The summed E-state index contributed by atoms with van der Waals surface area (Å²) < 4.78 is 27.7. The highest BCUT2D eigenvalue weighted by Gasteiger charge is 2.39. The summed E-state index contributed by atoms with van der Waals surface area (Å²) in [5, 5.41) is 2.72. The van der Waals surface area contributed by atoms with Gasteiger partial charge in [0.05, 0.1) is 5.75 Å². The van der Waals surface area contributed by atoms with Crippen molar-refractivity contribution in [1.82, 2.24) is 5.32 Å². The average molecular weight is 374 g/mol. The number of rotatable bonds is 9. The molecule has 1 saturated carbocycles. The van der Waals surface area contributed by atoms with Crippen molar-refractivity contribution in [3.05, 3.63) is 35.9 Å². The predicted octanol–water partition coefficient (Wildman–Crippen LogP) is 3.82. The normalized spacial score (nSPS) is 16.2. The van der Waals surface area contributed by atoms with Crippen molar-refractivity contribution < 1.29 is 17.9 Å². The number of halogens is 1. The van der Waals surface area contributed by atoms with Crippen molar-refractivity contribution in [2.24, 2.45) is 5.41 Å². The van der Waals surface area contributed by atoms with E-state index in [4.69, 9.17) is 15.4 Å². The number of hydrogen-bond donors (Lipinski definition) is 1. The Bertz CT molecular complexity index is 629. The Kier molecular flexibility index (Phi) is 6.92. The van der Waals surface area contributed by atoms with Crippen LogP contribution >= 0.6 is 10.7 Å². The molecule has 0 aromatic heterocycles. The Hall–Kier alpha value is -1.27. The number of benzene rings is 1. The monoisotopic (exact) mass is 373 g/mol. The van der Waals surface area contributed by atoms with Crippen LogP contribution in [0.25, 0.3) is 0 Å². The summed E-state index contributed by atoms with van der Waals surface area (Å²) in [4.78, 5) is 11.6. The van der Waals surface area contributed by atoms with E-state index >= 15 is 0 Å². The zero-order valence-electron chi connectivity index (χ0n) is 13.7. The quantitative estimate of drug-likeness (QED) is 0.527. The fourth-order valence-corrected chi connectivity index (χ4v) is 4.96. The maximum absolute atomic E-state index is 11.6. The fraction of sp³-hybridized carbons (Fsp3) is 0.588. The Labute approximate surface area is 148 Å². The van der Waals surface area contributed by atoms with Crippen molar-refractivity contribution in [2.45, 2.75) is 45.1 Å². The maximum Gasteiger partial charge on any atom is 0.407 e. The highest BCUT2D eigenvalue weighted by Crippen LogP contribution is 2.46. The second-order valence-electron chi connectivity index (χ2n) is 6.48. The van der Waals surface area contributed by atoms with Crippen LogP contribution in [0.4, 0.5) is 4.79 Å². The zero-order chi connectivity index (χ0) is 17.5. The molecular formula is C17H24ClNO4S. The van der Waals surface area contributed by atoms with Gasteiger partial charge in [0.15, 0.2) is 0 Å². The molecule has 0 saturated heterocycles. The SMILES string of the molecule is O=C(NCCCCC1(CS(=O)(=O)Cl)CCC1)OCc1ccccc1. The lowest BCUT2D eigenvalue weighted by Crippen LogP contribution is -2.35. The molecule has 1 aliphatic carbocycles. The largest absolute Gasteiger partial charge is 0.445 e. The molecule has 0 bridgehead atoms. The van der Waals surface area contributed by atoms with Crippen LogP contribution < -0.4 is 5.32 Å². The van der Waals surface area contributed by atoms with E-state index in [0.29, 0.717) is 6.54 Å². The topological polar surface area (TPSA) is 72.5 Å². The number of hydrogen-bond acceptors (Lipinski definition) is 4. The number of carbonyl (C=O) groups excluding carboxylic acids is 1. The van der Waals surface area contributed by atoms with Gasteiger partial charge in [-0.1, -0.05) is 43.2 Å². The summed E-state index contributed by atoms with van der Waals surface area (Å²) in [6, 6.07) is 9.50. The van der Waals surface area contributed by atoms with Crippen LogP contribution in [0.5, 0.6) is 0 Å². The Morgan fingerprint density at radius 2 is 1.92 bits per heavy atom. The molecule has 0 atom stereocenters. The summed E-state index contributed by atoms with van der Waals surface area (Å²) in [5.41, 5.74) is 0.802. The van der Waals surface area contributed by atoms with Gasteiger partial charge in [-0.25, -0.2) is 13.2 Å². The van der Waals surface area contributed by atoms with Crippen LogP contribution in [-0.4, -0.2) is 26.8 Å². The lowest BCUT2D eigenvalue weighted by molar-refractivity contribution is 0.137. The molecule has 0 aliphatic heterocycles. The molecule has 1 aromatic carbocycles. The van der Waals surface area contributed by atoms with E-state index in [1.807, 2.05) is 30.3 Å². The fourth-order valence-electron chi connectivity index (χ4n) is 3.10. The minimum Gasteiger partial charge on any atom is -0.445 e. The second kappa shape index (κ2) is 8.72. The number of unbranched alkanes of at least 4 members (excludes halogenated alkanes) is 1. The molecule has 1 fully saturated rings. The first kappa shape index (κ1) is 19.1. The van der Waals surface area contributed by atoms with E-state index in [0.717, 1.165) is 44.1 Å². The highest BCUT2D eigenvalue weighted by molar-refractivity contribution is 8.13. The molecule has 24 heavy (non-hydrogen) atoms. The first-order valence-corrected chi connectivity index (χ1v) is 10.7. The summed E-state index contributed by atoms with van der Waals surface area (Å²) in [6.45, 7) is 0.778. The van der Waals surface area contributed by atoms with Gasteiger partial charge in [-0.15, -0.1) is 0 Å². The maximum atomic E-state index is 11.6. The number of ether oxygens (including phenoxy) is 1. The van der Waals surface area contributed by atoms with Crippen LogP contribution in [0, 0.1) is 5.41 Å². The average Bonchev–Trinajstić information content (AvgIpc) is 2.50. The lowest BCUT2D eigenvalue weighted by Gasteiger charge is -2.41. The van der Waals surface area contributed by atoms with Crippen LogP contribution in [0.2, 0.25) is 0 Å². The minimum absolute atomic E-state index is 0.0636. The Morgan fingerprint density at radius 1 is 1.21 bits per heavy atom. The van der Waals surface area contributed by atoms with Gasteiger partial charge in [0.25, 0.3) is 0 Å². The van der Waals surface area contributed by atoms with E-state index in [9.17, 15) is 13.2 Å². The summed E-state index contributed by atoms with van der Waals surface area (Å²) in [6.07, 6.45) is 4.98. The first-order valence-electron chi connectivity index (χ1n) is 8.26. The van der Waals surface area contributed by atoms with Gasteiger partial charge in [-0.05, 0) is 36.7 Å². The van der Waals surface area contributed by atoms with Crippen molar-refractivity contribution in [1.29, 1.82) is 0 Å². The third kappa shape index (κ3) is 6.69. The summed E-state index contributed by atoms with van der Waals surface area (Å²) in [5.74, 6) is 0.0636. The summed E-state index contributed by atoms with van der Waals surface area (Å²) in [7, 11) is 1.95. The van der Waals surface area contributed by atoms with Gasteiger partial charge < -0.3 is 10.1 Å². The molecule has 0 unspecified atom stereocenters. The second-order valence-corrected chi connectivity index (χ2v) is 9.26. The van der Waals surface area contributed by atoms with Crippen molar-refractivity contribution in [3.63, 3.8) is 0 Å². The van der Waals surface area contributed by atoms with Crippen LogP contribution in [0.3, 0.4) is 0 Å². The predicted molar refractivity (Wildman–Crippen MR) is 94.4 cm³/mol. The number of amides is 1. The minimum atomic E-state index is -3.45. The Morgan fingerprint density at radius 3 is 2.50 bits per heavy atom. The van der Waals surface area contributed by atoms with Crippen LogP contribution in [0.1, 0.15) is 44.1 Å². The molecule has 1 aromatic rings. The molecule has 0 radical (unpaired) electrons. The van der Waals surface area contributed by atoms with E-state index < -0.39 is 15.1 Å². The smallest absolute Gasteiger partial charge is 0.407 e. The Balaban J connectivity index is 1.58. The molecule has 1 N–H and O–H groups in total. The van der Waals surface area contributed by atoms with Gasteiger partial charge in [0.1, 0.15) is 6.61 Å². The van der Waals surface area contributed by atoms with E-state index in [1.54, 1.807) is 0 Å². The third-order valence-electron chi connectivity index (χ3n) is 4.51. The number of alkyl carbamates (subject to hydrolysis) is 1. The van der Waals surface area contributed by atoms with Gasteiger partial charge in [-0.3, -0.25) is 0 Å². The van der Waals surface area contributed by atoms with Crippen LogP contribution in [0.15, 0.2) is 30.3 Å². The molecule has 7 heteroatoms. The molecule has 2 rings (SSSR count). The van der Waals surface area contributed by atoms with E-state index in [-0.39, 0.29) is 17.8 Å². The van der Waals surface area contributed by atoms with Crippen molar-refractivity contribution in [3.8, 4) is 0 Å². The number of carbonyl (C=O) groups is 1. The molecule has 0 heterocycles. The molecule has 1 aliphatic rings. The third-order valence-corrected chi connectivity index (χ3v) is 5.79. The lowest BCUT2D eigenvalue weighted by atomic mass is 9.67. The van der Waals surface area contributed by atoms with Gasteiger partial charge in [0.2, 0.25) is 9.05 Å². The number of nitrogens with one attached hydrogen (secondary N) is 1. The first-order chi connectivity index (χ1) is 11.4. The van der Waals surface area contributed by atoms with E-state index in [1.165, 1.54) is 0 Å². The van der Waals surface area contributed by atoms with Crippen molar-refractivity contribution >= 4 is 25.8 Å².